The van der Waals surface area contributed by atoms with Crippen LogP contribution in [0.2, 0.25) is 0 Å². The van der Waals surface area contributed by atoms with Crippen LogP contribution in [0.25, 0.3) is 0 Å². The third-order valence-electron chi connectivity index (χ3n) is 2.66. The maximum Gasteiger partial charge on any atom is 0.205 e. The summed E-state index contributed by atoms with van der Waals surface area (Å²) in [6.45, 7) is 7.13. The van der Waals surface area contributed by atoms with Gasteiger partial charge in [-0.3, -0.25) is 0 Å². The van der Waals surface area contributed by atoms with E-state index >= 15 is 0 Å². The van der Waals surface area contributed by atoms with Crippen LogP contribution in [0.4, 0.5) is 5.13 Å². The molecule has 4 nitrogen and oxygen atoms in total. The van der Waals surface area contributed by atoms with Crippen LogP contribution in [0.3, 0.4) is 0 Å². The van der Waals surface area contributed by atoms with Gasteiger partial charge in [-0.25, -0.2) is 0 Å². The van der Waals surface area contributed by atoms with Crippen molar-refractivity contribution in [3.63, 3.8) is 0 Å². The molecule has 5 heteroatoms. The summed E-state index contributed by atoms with van der Waals surface area (Å²) in [4.78, 5) is 0. The van der Waals surface area contributed by atoms with Gasteiger partial charge in [-0.1, -0.05) is 37.3 Å². The first kappa shape index (κ1) is 13.8. The van der Waals surface area contributed by atoms with Crippen LogP contribution < -0.4 is 10.1 Å². The second-order valence-corrected chi connectivity index (χ2v) is 5.72. The zero-order valence-electron chi connectivity index (χ0n) is 11.5. The molecule has 0 saturated heterocycles. The number of ether oxygens (including phenoxy) is 1. The van der Waals surface area contributed by atoms with Gasteiger partial charge < -0.3 is 10.1 Å². The third-order valence-corrected chi connectivity index (χ3v) is 3.29. The van der Waals surface area contributed by atoms with Crippen molar-refractivity contribution in [2.24, 2.45) is 5.92 Å². The van der Waals surface area contributed by atoms with Crippen molar-refractivity contribution in [1.29, 1.82) is 0 Å². The van der Waals surface area contributed by atoms with E-state index in [4.69, 9.17) is 4.74 Å². The van der Waals surface area contributed by atoms with E-state index in [1.165, 1.54) is 16.9 Å². The predicted molar refractivity (Wildman–Crippen MR) is 78.7 cm³/mol. The van der Waals surface area contributed by atoms with E-state index in [1.54, 1.807) is 5.51 Å². The number of benzene rings is 1. The van der Waals surface area contributed by atoms with E-state index < -0.39 is 0 Å². The van der Waals surface area contributed by atoms with Crippen molar-refractivity contribution in [2.45, 2.75) is 26.8 Å². The van der Waals surface area contributed by atoms with Gasteiger partial charge in [0.05, 0.1) is 12.6 Å². The first-order valence-corrected chi connectivity index (χ1v) is 7.28. The Hall–Kier alpha value is -1.62. The van der Waals surface area contributed by atoms with Gasteiger partial charge in [-0.15, -0.1) is 10.2 Å². The molecular formula is C14H19N3OS. The van der Waals surface area contributed by atoms with Gasteiger partial charge in [0.2, 0.25) is 5.13 Å². The smallest absolute Gasteiger partial charge is 0.205 e. The highest BCUT2D eigenvalue weighted by Gasteiger charge is 2.07. The molecule has 1 aromatic carbocycles. The molecule has 0 spiro atoms. The molecule has 0 saturated carbocycles. The van der Waals surface area contributed by atoms with Gasteiger partial charge in [0, 0.05) is 0 Å². The Bertz CT molecular complexity index is 482. The Morgan fingerprint density at radius 1 is 1.21 bits per heavy atom. The molecule has 2 aromatic rings. The fourth-order valence-corrected chi connectivity index (χ4v) is 2.15. The van der Waals surface area contributed by atoms with Gasteiger partial charge >= 0.3 is 0 Å². The molecule has 0 fully saturated rings. The summed E-state index contributed by atoms with van der Waals surface area (Å²) >= 11 is 1.50. The minimum absolute atomic E-state index is 0.201. The molecule has 1 aromatic heterocycles. The molecule has 0 aliphatic rings. The molecule has 1 N–H and O–H groups in total. The second kappa shape index (κ2) is 6.52. The quantitative estimate of drug-likeness (QED) is 0.873. The Morgan fingerprint density at radius 3 is 2.53 bits per heavy atom. The lowest BCUT2D eigenvalue weighted by Gasteiger charge is -2.14. The lowest BCUT2D eigenvalue weighted by Crippen LogP contribution is -2.07. The Morgan fingerprint density at radius 2 is 1.95 bits per heavy atom. The molecule has 19 heavy (non-hydrogen) atoms. The minimum Gasteiger partial charge on any atom is -0.493 e. The predicted octanol–water partition coefficient (Wildman–Crippen LogP) is 3.75. The maximum absolute atomic E-state index is 5.67. The van der Waals surface area contributed by atoms with Crippen molar-refractivity contribution in [3.8, 4) is 5.75 Å². The average molecular weight is 277 g/mol. The second-order valence-electron chi connectivity index (χ2n) is 4.88. The fraction of sp³-hybridized carbons (Fsp3) is 0.429. The van der Waals surface area contributed by atoms with E-state index in [0.29, 0.717) is 5.92 Å². The van der Waals surface area contributed by atoms with Crippen molar-refractivity contribution >= 4 is 16.5 Å². The zero-order chi connectivity index (χ0) is 13.7. The fourth-order valence-electron chi connectivity index (χ4n) is 1.62. The summed E-state index contributed by atoms with van der Waals surface area (Å²) in [5, 5.41) is 11.9. The van der Waals surface area contributed by atoms with Crippen molar-refractivity contribution in [3.05, 3.63) is 35.3 Å². The Labute approximate surface area is 117 Å². The number of anilines is 1. The summed E-state index contributed by atoms with van der Waals surface area (Å²) in [5.74, 6) is 1.46. The van der Waals surface area contributed by atoms with E-state index in [0.717, 1.165) is 17.5 Å². The highest BCUT2D eigenvalue weighted by molar-refractivity contribution is 7.13. The maximum atomic E-state index is 5.67. The standard InChI is InChI=1S/C14H19N3OS/c1-10(2)8-18-13-6-4-12(5-7-13)11(3)16-14-17-15-9-19-14/h4-7,9-11H,8H2,1-3H3,(H,16,17). The molecule has 0 amide bonds. The number of nitrogens with zero attached hydrogens (tertiary/aromatic N) is 2. The van der Waals surface area contributed by atoms with Crippen LogP contribution in [-0.4, -0.2) is 16.8 Å². The average Bonchev–Trinajstić information content (AvgIpc) is 2.89. The van der Waals surface area contributed by atoms with Crippen molar-refractivity contribution < 1.29 is 4.74 Å². The number of nitrogens with one attached hydrogen (secondary N) is 1. The summed E-state index contributed by atoms with van der Waals surface area (Å²) in [6, 6.07) is 8.38. The monoisotopic (exact) mass is 277 g/mol. The molecule has 0 aliphatic heterocycles. The molecule has 0 bridgehead atoms. The van der Waals surface area contributed by atoms with Crippen molar-refractivity contribution in [1.82, 2.24) is 10.2 Å². The number of rotatable bonds is 6. The van der Waals surface area contributed by atoms with E-state index in [9.17, 15) is 0 Å². The van der Waals surface area contributed by atoms with Gasteiger partial charge in [0.15, 0.2) is 0 Å². The Balaban J connectivity index is 1.93. The van der Waals surface area contributed by atoms with Crippen LogP contribution in [0, 0.1) is 5.92 Å². The van der Waals surface area contributed by atoms with Crippen LogP contribution >= 0.6 is 11.3 Å². The highest BCUT2D eigenvalue weighted by Crippen LogP contribution is 2.22. The van der Waals surface area contributed by atoms with Crippen LogP contribution in [0.1, 0.15) is 32.4 Å². The lowest BCUT2D eigenvalue weighted by molar-refractivity contribution is 0.271. The first-order valence-electron chi connectivity index (χ1n) is 6.40. The summed E-state index contributed by atoms with van der Waals surface area (Å²) in [6.07, 6.45) is 0. The van der Waals surface area contributed by atoms with E-state index in [1.807, 2.05) is 12.1 Å². The Kier molecular flexibility index (Phi) is 4.74. The zero-order valence-corrected chi connectivity index (χ0v) is 12.3. The molecule has 0 aliphatic carbocycles. The van der Waals surface area contributed by atoms with Crippen molar-refractivity contribution in [2.75, 3.05) is 11.9 Å². The number of hydrogen-bond donors (Lipinski definition) is 1. The van der Waals surface area contributed by atoms with Crippen LogP contribution in [0.5, 0.6) is 5.75 Å². The largest absolute Gasteiger partial charge is 0.493 e. The molecule has 2 rings (SSSR count). The minimum atomic E-state index is 0.201. The van der Waals surface area contributed by atoms with E-state index in [2.05, 4.69) is 48.4 Å². The first-order chi connectivity index (χ1) is 9.15. The van der Waals surface area contributed by atoms with E-state index in [-0.39, 0.29) is 6.04 Å². The third kappa shape index (κ3) is 4.21. The van der Waals surface area contributed by atoms with Crippen LogP contribution in [-0.2, 0) is 0 Å². The SMILES string of the molecule is CC(C)COc1ccc(C(C)Nc2nncs2)cc1. The summed E-state index contributed by atoms with van der Waals surface area (Å²) in [7, 11) is 0. The number of aromatic nitrogens is 2. The topological polar surface area (TPSA) is 47.0 Å². The van der Waals surface area contributed by atoms with Gasteiger partial charge in [-0.2, -0.15) is 0 Å². The molecule has 102 valence electrons. The molecular weight excluding hydrogens is 258 g/mol. The van der Waals surface area contributed by atoms with Gasteiger partial charge in [0.1, 0.15) is 11.3 Å². The normalized spacial score (nSPS) is 12.4. The molecule has 1 unspecified atom stereocenters. The summed E-state index contributed by atoms with van der Waals surface area (Å²) < 4.78 is 5.67. The van der Waals surface area contributed by atoms with Gasteiger partial charge in [-0.05, 0) is 30.5 Å². The number of hydrogen-bond acceptors (Lipinski definition) is 5. The molecule has 0 radical (unpaired) electrons. The molecule has 1 atom stereocenters. The van der Waals surface area contributed by atoms with Gasteiger partial charge in [0.25, 0.3) is 0 Å². The molecule has 1 heterocycles. The summed E-state index contributed by atoms with van der Waals surface area (Å²) in [5.41, 5.74) is 2.92. The lowest BCUT2D eigenvalue weighted by atomic mass is 10.1. The highest BCUT2D eigenvalue weighted by atomic mass is 32.1. The van der Waals surface area contributed by atoms with Crippen LogP contribution in [0.15, 0.2) is 29.8 Å².